The standard InChI is InChI=1S/C9H18O4/c1-2-3-9(4-6-10,5-7-11)8(12)13/h10-11H,2-7H2,1H3,(H,12,13). The zero-order valence-electron chi connectivity index (χ0n) is 7.99. The van der Waals surface area contributed by atoms with Gasteiger partial charge in [0.15, 0.2) is 0 Å². The number of carboxylic acids is 1. The lowest BCUT2D eigenvalue weighted by molar-refractivity contribution is -0.151. The number of carbonyl (C=O) groups is 1. The maximum Gasteiger partial charge on any atom is 0.309 e. The molecule has 0 bridgehead atoms. The molecular weight excluding hydrogens is 172 g/mol. The highest BCUT2D eigenvalue weighted by molar-refractivity contribution is 5.74. The van der Waals surface area contributed by atoms with Gasteiger partial charge in [-0.1, -0.05) is 13.3 Å². The first-order chi connectivity index (χ1) is 6.13. The summed E-state index contributed by atoms with van der Waals surface area (Å²) in [5, 5.41) is 26.5. The molecule has 4 heteroatoms. The Morgan fingerprint density at radius 1 is 1.15 bits per heavy atom. The van der Waals surface area contributed by atoms with Crippen LogP contribution in [0.1, 0.15) is 32.6 Å². The van der Waals surface area contributed by atoms with Gasteiger partial charge in [-0.05, 0) is 19.3 Å². The van der Waals surface area contributed by atoms with E-state index in [4.69, 9.17) is 15.3 Å². The SMILES string of the molecule is CCCC(CCO)(CCO)C(=O)O. The molecule has 0 amide bonds. The van der Waals surface area contributed by atoms with Crippen molar-refractivity contribution in [1.82, 2.24) is 0 Å². The molecule has 3 N–H and O–H groups in total. The van der Waals surface area contributed by atoms with Gasteiger partial charge in [0.05, 0.1) is 5.41 Å². The van der Waals surface area contributed by atoms with Crippen LogP contribution in [0.5, 0.6) is 0 Å². The molecule has 0 spiro atoms. The van der Waals surface area contributed by atoms with Gasteiger partial charge in [0.1, 0.15) is 0 Å². The third-order valence-corrected chi connectivity index (χ3v) is 2.36. The molecular formula is C9H18O4. The molecule has 0 unspecified atom stereocenters. The molecule has 0 aromatic heterocycles. The third-order valence-electron chi connectivity index (χ3n) is 2.36. The van der Waals surface area contributed by atoms with E-state index in [2.05, 4.69) is 0 Å². The van der Waals surface area contributed by atoms with Crippen LogP contribution < -0.4 is 0 Å². The minimum absolute atomic E-state index is 0.147. The average Bonchev–Trinajstić information content (AvgIpc) is 2.05. The normalized spacial score (nSPS) is 11.6. The fourth-order valence-electron chi connectivity index (χ4n) is 1.60. The van der Waals surface area contributed by atoms with Crippen molar-refractivity contribution in [3.8, 4) is 0 Å². The smallest absolute Gasteiger partial charge is 0.309 e. The lowest BCUT2D eigenvalue weighted by Crippen LogP contribution is -2.33. The number of aliphatic carboxylic acids is 1. The Labute approximate surface area is 78.2 Å². The van der Waals surface area contributed by atoms with Crippen LogP contribution in [0.25, 0.3) is 0 Å². The van der Waals surface area contributed by atoms with E-state index in [1.165, 1.54) is 0 Å². The molecule has 4 nitrogen and oxygen atoms in total. The van der Waals surface area contributed by atoms with E-state index in [9.17, 15) is 4.79 Å². The summed E-state index contributed by atoms with van der Waals surface area (Å²) in [6.07, 6.45) is 1.68. The summed E-state index contributed by atoms with van der Waals surface area (Å²) in [6.45, 7) is 1.60. The summed E-state index contributed by atoms with van der Waals surface area (Å²) in [7, 11) is 0. The molecule has 13 heavy (non-hydrogen) atoms. The Kier molecular flexibility index (Phi) is 5.66. The summed E-state index contributed by atoms with van der Waals surface area (Å²) < 4.78 is 0. The number of aliphatic hydroxyl groups excluding tert-OH is 2. The molecule has 0 aromatic carbocycles. The molecule has 0 atom stereocenters. The quantitative estimate of drug-likeness (QED) is 0.550. The fraction of sp³-hybridized carbons (Fsp3) is 0.889. The van der Waals surface area contributed by atoms with Crippen molar-refractivity contribution < 1.29 is 20.1 Å². The Morgan fingerprint density at radius 3 is 1.85 bits per heavy atom. The zero-order chi connectivity index (χ0) is 10.3. The maximum atomic E-state index is 11.0. The zero-order valence-corrected chi connectivity index (χ0v) is 7.99. The number of carboxylic acid groups (broad SMARTS) is 1. The van der Waals surface area contributed by atoms with Gasteiger partial charge in [0.2, 0.25) is 0 Å². The van der Waals surface area contributed by atoms with Gasteiger partial charge in [0, 0.05) is 13.2 Å². The molecule has 0 radical (unpaired) electrons. The van der Waals surface area contributed by atoms with Crippen LogP contribution in [0, 0.1) is 5.41 Å². The molecule has 0 rings (SSSR count). The highest BCUT2D eigenvalue weighted by Crippen LogP contribution is 2.32. The first-order valence-electron chi connectivity index (χ1n) is 4.58. The predicted octanol–water partition coefficient (Wildman–Crippen LogP) is 0.622. The van der Waals surface area contributed by atoms with E-state index in [0.29, 0.717) is 6.42 Å². The Bertz CT molecular complexity index is 139. The van der Waals surface area contributed by atoms with Gasteiger partial charge < -0.3 is 15.3 Å². The van der Waals surface area contributed by atoms with Crippen molar-refractivity contribution in [2.45, 2.75) is 32.6 Å². The second-order valence-corrected chi connectivity index (χ2v) is 3.28. The van der Waals surface area contributed by atoms with Gasteiger partial charge in [-0.15, -0.1) is 0 Å². The van der Waals surface area contributed by atoms with Crippen LogP contribution in [-0.2, 0) is 4.79 Å². The number of hydrogen-bond donors (Lipinski definition) is 3. The highest BCUT2D eigenvalue weighted by atomic mass is 16.4. The Hall–Kier alpha value is -0.610. The highest BCUT2D eigenvalue weighted by Gasteiger charge is 2.36. The van der Waals surface area contributed by atoms with Crippen LogP contribution in [0.3, 0.4) is 0 Å². The van der Waals surface area contributed by atoms with Crippen molar-refractivity contribution in [3.63, 3.8) is 0 Å². The van der Waals surface area contributed by atoms with Crippen molar-refractivity contribution in [3.05, 3.63) is 0 Å². The van der Waals surface area contributed by atoms with E-state index < -0.39 is 11.4 Å². The molecule has 0 heterocycles. The third kappa shape index (κ3) is 3.32. The lowest BCUT2D eigenvalue weighted by Gasteiger charge is -2.27. The molecule has 0 aliphatic heterocycles. The minimum atomic E-state index is -0.932. The van der Waals surface area contributed by atoms with Crippen LogP contribution in [0.2, 0.25) is 0 Å². The van der Waals surface area contributed by atoms with Crippen molar-refractivity contribution >= 4 is 5.97 Å². The van der Waals surface area contributed by atoms with E-state index in [0.717, 1.165) is 6.42 Å². The van der Waals surface area contributed by atoms with Crippen LogP contribution >= 0.6 is 0 Å². The van der Waals surface area contributed by atoms with Gasteiger partial charge in [-0.3, -0.25) is 4.79 Å². The van der Waals surface area contributed by atoms with Crippen molar-refractivity contribution in [2.24, 2.45) is 5.41 Å². The van der Waals surface area contributed by atoms with E-state index in [1.807, 2.05) is 6.92 Å². The van der Waals surface area contributed by atoms with Crippen molar-refractivity contribution in [2.75, 3.05) is 13.2 Å². The Morgan fingerprint density at radius 2 is 1.62 bits per heavy atom. The number of hydrogen-bond acceptors (Lipinski definition) is 3. The van der Waals surface area contributed by atoms with Gasteiger partial charge in [-0.2, -0.15) is 0 Å². The number of rotatable bonds is 7. The summed E-state index contributed by atoms with van der Waals surface area (Å²) in [6, 6.07) is 0. The van der Waals surface area contributed by atoms with Crippen LogP contribution in [0.4, 0.5) is 0 Å². The molecule has 0 aromatic rings. The van der Waals surface area contributed by atoms with E-state index in [-0.39, 0.29) is 26.1 Å². The number of aliphatic hydroxyl groups is 2. The summed E-state index contributed by atoms with van der Waals surface area (Å²) in [5.74, 6) is -0.919. The van der Waals surface area contributed by atoms with Gasteiger partial charge in [-0.25, -0.2) is 0 Å². The first kappa shape index (κ1) is 12.4. The monoisotopic (exact) mass is 190 g/mol. The second-order valence-electron chi connectivity index (χ2n) is 3.28. The van der Waals surface area contributed by atoms with Gasteiger partial charge in [0.25, 0.3) is 0 Å². The first-order valence-corrected chi connectivity index (χ1v) is 4.58. The lowest BCUT2D eigenvalue weighted by atomic mass is 9.78. The summed E-state index contributed by atoms with van der Waals surface area (Å²) in [5.41, 5.74) is -0.932. The largest absolute Gasteiger partial charge is 0.481 e. The van der Waals surface area contributed by atoms with Crippen LogP contribution in [0.15, 0.2) is 0 Å². The Balaban J connectivity index is 4.48. The molecule has 78 valence electrons. The fourth-order valence-corrected chi connectivity index (χ4v) is 1.60. The molecule has 0 aliphatic rings. The maximum absolute atomic E-state index is 11.0. The van der Waals surface area contributed by atoms with Gasteiger partial charge >= 0.3 is 5.97 Å². The van der Waals surface area contributed by atoms with E-state index >= 15 is 0 Å². The summed E-state index contributed by atoms with van der Waals surface area (Å²) >= 11 is 0. The topological polar surface area (TPSA) is 77.8 Å². The van der Waals surface area contributed by atoms with Crippen LogP contribution in [-0.4, -0.2) is 34.5 Å². The molecule has 0 saturated carbocycles. The molecule has 0 saturated heterocycles. The second kappa shape index (κ2) is 5.94. The minimum Gasteiger partial charge on any atom is -0.481 e. The van der Waals surface area contributed by atoms with Crippen molar-refractivity contribution in [1.29, 1.82) is 0 Å². The molecule has 0 fully saturated rings. The summed E-state index contributed by atoms with van der Waals surface area (Å²) in [4.78, 5) is 11.0. The average molecular weight is 190 g/mol. The molecule has 0 aliphatic carbocycles. The van der Waals surface area contributed by atoms with E-state index in [1.54, 1.807) is 0 Å². The predicted molar refractivity (Wildman–Crippen MR) is 48.4 cm³/mol.